The van der Waals surface area contributed by atoms with Gasteiger partial charge in [0.2, 0.25) is 0 Å². The van der Waals surface area contributed by atoms with Gasteiger partial charge in [-0.05, 0) is 18.7 Å². The predicted molar refractivity (Wildman–Crippen MR) is 84.6 cm³/mol. The lowest BCUT2D eigenvalue weighted by molar-refractivity contribution is 0.302. The van der Waals surface area contributed by atoms with Gasteiger partial charge < -0.3 is 15.0 Å². The fraction of sp³-hybridized carbons (Fsp3) is 0.400. The summed E-state index contributed by atoms with van der Waals surface area (Å²) in [6, 6.07) is 8.07. The van der Waals surface area contributed by atoms with Crippen molar-refractivity contribution in [3.63, 3.8) is 0 Å². The Kier molecular flexibility index (Phi) is 5.38. The Morgan fingerprint density at radius 2 is 2.20 bits per heavy atom. The van der Waals surface area contributed by atoms with Crippen LogP contribution >= 0.6 is 11.3 Å². The van der Waals surface area contributed by atoms with E-state index in [0.717, 1.165) is 35.2 Å². The topological polar surface area (TPSA) is 37.4 Å². The van der Waals surface area contributed by atoms with Gasteiger partial charge in [-0.15, -0.1) is 11.3 Å². The highest BCUT2D eigenvalue weighted by Gasteiger charge is 2.03. The molecular weight excluding hydrogens is 270 g/mol. The van der Waals surface area contributed by atoms with Crippen LogP contribution in [0.5, 0.6) is 5.75 Å². The zero-order valence-corrected chi connectivity index (χ0v) is 13.0. The zero-order chi connectivity index (χ0) is 14.4. The Hall–Kier alpha value is -1.59. The Morgan fingerprint density at radius 1 is 1.35 bits per heavy atom. The molecule has 20 heavy (non-hydrogen) atoms. The molecule has 2 aromatic rings. The molecule has 1 heterocycles. The van der Waals surface area contributed by atoms with E-state index < -0.39 is 0 Å². The minimum atomic E-state index is 0.513. The zero-order valence-electron chi connectivity index (χ0n) is 12.2. The van der Waals surface area contributed by atoms with Gasteiger partial charge in [0, 0.05) is 37.8 Å². The van der Waals surface area contributed by atoms with Gasteiger partial charge in [-0.1, -0.05) is 13.0 Å². The van der Waals surface area contributed by atoms with Gasteiger partial charge in [-0.2, -0.15) is 0 Å². The average molecular weight is 291 g/mol. The Bertz CT molecular complexity index is 539. The second-order valence-electron chi connectivity index (χ2n) is 4.69. The number of benzene rings is 1. The van der Waals surface area contributed by atoms with E-state index in [2.05, 4.69) is 33.6 Å². The van der Waals surface area contributed by atoms with Crippen LogP contribution in [-0.2, 0) is 13.2 Å². The van der Waals surface area contributed by atoms with Crippen LogP contribution in [0.25, 0.3) is 0 Å². The van der Waals surface area contributed by atoms with E-state index >= 15 is 0 Å². The number of ether oxygens (including phenoxy) is 1. The molecule has 5 heteroatoms. The second-order valence-corrected chi connectivity index (χ2v) is 5.64. The highest BCUT2D eigenvalue weighted by molar-refractivity contribution is 7.09. The van der Waals surface area contributed by atoms with Crippen LogP contribution in [0.4, 0.5) is 5.69 Å². The number of nitrogens with one attached hydrogen (secondary N) is 1. The fourth-order valence-corrected chi connectivity index (χ4v) is 2.49. The summed E-state index contributed by atoms with van der Waals surface area (Å²) in [7, 11) is 4.04. The highest BCUT2D eigenvalue weighted by atomic mass is 32.1. The maximum Gasteiger partial charge on any atom is 0.131 e. The predicted octanol–water partition coefficient (Wildman–Crippen LogP) is 2.90. The summed E-state index contributed by atoms with van der Waals surface area (Å²) in [5.74, 6) is 0.873. The first kappa shape index (κ1) is 14.8. The molecule has 0 aliphatic rings. The lowest BCUT2D eigenvalue weighted by Crippen LogP contribution is -2.11. The van der Waals surface area contributed by atoms with Crippen LogP contribution in [0.1, 0.15) is 17.6 Å². The Balaban J connectivity index is 1.91. The molecule has 0 unspecified atom stereocenters. The minimum absolute atomic E-state index is 0.513. The summed E-state index contributed by atoms with van der Waals surface area (Å²) in [5.41, 5.74) is 2.12. The van der Waals surface area contributed by atoms with Crippen LogP contribution in [0.3, 0.4) is 0 Å². The van der Waals surface area contributed by atoms with Crippen molar-refractivity contribution in [2.24, 2.45) is 0 Å². The lowest BCUT2D eigenvalue weighted by Gasteiger charge is -2.13. The van der Waals surface area contributed by atoms with Gasteiger partial charge in [-0.25, -0.2) is 4.98 Å². The van der Waals surface area contributed by atoms with Gasteiger partial charge in [0.1, 0.15) is 17.4 Å². The van der Waals surface area contributed by atoms with Gasteiger partial charge in [0.15, 0.2) is 0 Å². The second kappa shape index (κ2) is 7.26. The van der Waals surface area contributed by atoms with E-state index in [0.29, 0.717) is 6.61 Å². The standard InChI is InChI=1S/C15H21N3OS/c1-4-16-9-15-17-12(11-20-15)10-19-14-7-5-6-13(8-14)18(2)3/h5-8,11,16H,4,9-10H2,1-3H3. The molecule has 2 rings (SSSR count). The molecule has 1 aromatic heterocycles. The number of thiazole rings is 1. The van der Waals surface area contributed by atoms with Crippen molar-refractivity contribution in [2.75, 3.05) is 25.5 Å². The molecule has 0 radical (unpaired) electrons. The molecule has 4 nitrogen and oxygen atoms in total. The first-order chi connectivity index (χ1) is 9.69. The first-order valence-corrected chi connectivity index (χ1v) is 7.61. The number of aromatic nitrogens is 1. The molecule has 0 atom stereocenters. The van der Waals surface area contributed by atoms with Crippen molar-refractivity contribution in [1.29, 1.82) is 0 Å². The normalized spacial score (nSPS) is 10.6. The smallest absolute Gasteiger partial charge is 0.131 e. The van der Waals surface area contributed by atoms with Gasteiger partial charge >= 0.3 is 0 Å². The molecule has 0 saturated heterocycles. The number of hydrogen-bond acceptors (Lipinski definition) is 5. The summed E-state index contributed by atoms with van der Waals surface area (Å²) >= 11 is 1.67. The maximum atomic E-state index is 5.80. The van der Waals surface area contributed by atoms with Crippen LogP contribution < -0.4 is 15.0 Å². The van der Waals surface area contributed by atoms with Gasteiger partial charge in [0.05, 0.1) is 5.69 Å². The average Bonchev–Trinajstić information content (AvgIpc) is 2.91. The number of anilines is 1. The maximum absolute atomic E-state index is 5.80. The van der Waals surface area contributed by atoms with Crippen molar-refractivity contribution < 1.29 is 4.74 Å². The lowest BCUT2D eigenvalue weighted by atomic mass is 10.3. The van der Waals surface area contributed by atoms with Crippen molar-refractivity contribution in [2.45, 2.75) is 20.1 Å². The van der Waals surface area contributed by atoms with E-state index in [9.17, 15) is 0 Å². The molecule has 1 N–H and O–H groups in total. The quantitative estimate of drug-likeness (QED) is 0.851. The largest absolute Gasteiger partial charge is 0.487 e. The highest BCUT2D eigenvalue weighted by Crippen LogP contribution is 2.20. The van der Waals surface area contributed by atoms with E-state index in [1.165, 1.54) is 0 Å². The number of hydrogen-bond donors (Lipinski definition) is 1. The van der Waals surface area contributed by atoms with E-state index in [1.807, 2.05) is 32.3 Å². The van der Waals surface area contributed by atoms with Crippen molar-refractivity contribution in [3.05, 3.63) is 40.3 Å². The first-order valence-electron chi connectivity index (χ1n) is 6.73. The third kappa shape index (κ3) is 4.21. The summed E-state index contributed by atoms with van der Waals surface area (Å²) in [6.45, 7) is 4.40. The summed E-state index contributed by atoms with van der Waals surface area (Å²) in [4.78, 5) is 6.60. The number of nitrogens with zero attached hydrogens (tertiary/aromatic N) is 2. The molecule has 108 valence electrons. The third-order valence-corrected chi connectivity index (χ3v) is 3.74. The summed E-state index contributed by atoms with van der Waals surface area (Å²) in [6.07, 6.45) is 0. The molecule has 0 aliphatic heterocycles. The summed E-state index contributed by atoms with van der Waals surface area (Å²) in [5, 5.41) is 6.44. The van der Waals surface area contributed by atoms with E-state index in [4.69, 9.17) is 4.74 Å². The van der Waals surface area contributed by atoms with Gasteiger partial charge in [-0.3, -0.25) is 0 Å². The molecule has 0 spiro atoms. The number of rotatable bonds is 7. The van der Waals surface area contributed by atoms with E-state index in [1.54, 1.807) is 11.3 Å². The van der Waals surface area contributed by atoms with Crippen molar-refractivity contribution >= 4 is 17.0 Å². The van der Waals surface area contributed by atoms with E-state index in [-0.39, 0.29) is 0 Å². The van der Waals surface area contributed by atoms with Crippen LogP contribution in [-0.4, -0.2) is 25.6 Å². The monoisotopic (exact) mass is 291 g/mol. The van der Waals surface area contributed by atoms with Crippen LogP contribution in [0.2, 0.25) is 0 Å². The molecule has 0 saturated carbocycles. The molecule has 0 amide bonds. The van der Waals surface area contributed by atoms with Crippen LogP contribution in [0, 0.1) is 0 Å². The molecular formula is C15H21N3OS. The third-order valence-electron chi connectivity index (χ3n) is 2.85. The molecule has 0 bridgehead atoms. The summed E-state index contributed by atoms with van der Waals surface area (Å²) < 4.78 is 5.80. The Morgan fingerprint density at radius 3 is 2.95 bits per heavy atom. The molecule has 1 aromatic carbocycles. The Labute approximate surface area is 124 Å². The molecule has 0 fully saturated rings. The van der Waals surface area contributed by atoms with Crippen molar-refractivity contribution in [1.82, 2.24) is 10.3 Å². The SMILES string of the molecule is CCNCc1nc(COc2cccc(N(C)C)c2)cs1. The van der Waals surface area contributed by atoms with Crippen molar-refractivity contribution in [3.8, 4) is 5.75 Å². The van der Waals surface area contributed by atoms with Crippen LogP contribution in [0.15, 0.2) is 29.6 Å². The molecule has 0 aliphatic carbocycles. The fourth-order valence-electron chi connectivity index (χ4n) is 1.74. The minimum Gasteiger partial charge on any atom is -0.487 e. The van der Waals surface area contributed by atoms with Gasteiger partial charge in [0.25, 0.3) is 0 Å².